The van der Waals surface area contributed by atoms with Gasteiger partial charge in [-0.2, -0.15) is 11.8 Å². The maximum absolute atomic E-state index is 3.68. The number of hydrogen-bond acceptors (Lipinski definition) is 3. The van der Waals surface area contributed by atoms with Crippen LogP contribution >= 0.6 is 27.7 Å². The van der Waals surface area contributed by atoms with E-state index in [9.17, 15) is 0 Å². The topological polar surface area (TPSA) is 15.3 Å². The number of halogens is 1. The van der Waals surface area contributed by atoms with Gasteiger partial charge in [-0.3, -0.25) is 0 Å². The van der Waals surface area contributed by atoms with Gasteiger partial charge in [0.2, 0.25) is 0 Å². The first-order chi connectivity index (χ1) is 8.22. The van der Waals surface area contributed by atoms with Crippen molar-refractivity contribution >= 4 is 33.4 Å². The molecule has 0 aliphatic carbocycles. The summed E-state index contributed by atoms with van der Waals surface area (Å²) in [5.74, 6) is 2.48. The summed E-state index contributed by atoms with van der Waals surface area (Å²) in [6.07, 6.45) is 0. The van der Waals surface area contributed by atoms with E-state index in [0.717, 1.165) is 13.1 Å². The molecule has 4 heteroatoms. The molecule has 94 valence electrons. The molecule has 1 atom stereocenters. The number of benzene rings is 1. The first-order valence-corrected chi connectivity index (χ1v) is 7.96. The van der Waals surface area contributed by atoms with Crippen molar-refractivity contribution in [2.45, 2.75) is 13.0 Å². The number of nitrogens with one attached hydrogen (secondary N) is 1. The van der Waals surface area contributed by atoms with Crippen molar-refractivity contribution in [3.63, 3.8) is 0 Å². The highest BCUT2D eigenvalue weighted by atomic mass is 79.9. The van der Waals surface area contributed by atoms with Crippen molar-refractivity contribution in [1.82, 2.24) is 5.32 Å². The SMILES string of the molecule is CNC(C)c1ccc(N2CCSCC2)cc1Br. The van der Waals surface area contributed by atoms with E-state index in [1.54, 1.807) is 0 Å². The van der Waals surface area contributed by atoms with Gasteiger partial charge in [-0.05, 0) is 31.7 Å². The van der Waals surface area contributed by atoms with Crippen molar-refractivity contribution in [2.75, 3.05) is 36.5 Å². The van der Waals surface area contributed by atoms with E-state index in [2.05, 4.69) is 51.3 Å². The second-order valence-electron chi connectivity index (χ2n) is 4.32. The van der Waals surface area contributed by atoms with Crippen LogP contribution < -0.4 is 10.2 Å². The Bertz CT molecular complexity index is 378. The smallest absolute Gasteiger partial charge is 0.0378 e. The Morgan fingerprint density at radius 1 is 1.35 bits per heavy atom. The molecule has 17 heavy (non-hydrogen) atoms. The maximum atomic E-state index is 3.68. The van der Waals surface area contributed by atoms with Gasteiger partial charge in [-0.1, -0.05) is 22.0 Å². The highest BCUT2D eigenvalue weighted by molar-refractivity contribution is 9.10. The molecular weight excluding hydrogens is 296 g/mol. The normalized spacial score (nSPS) is 18.2. The summed E-state index contributed by atoms with van der Waals surface area (Å²) in [7, 11) is 1.99. The molecule has 1 unspecified atom stereocenters. The third kappa shape index (κ3) is 3.18. The molecule has 2 nitrogen and oxygen atoms in total. The molecule has 1 aromatic carbocycles. The minimum atomic E-state index is 0.385. The van der Waals surface area contributed by atoms with Crippen LogP contribution in [0.25, 0.3) is 0 Å². The molecule has 1 aromatic rings. The molecule has 1 heterocycles. The van der Waals surface area contributed by atoms with Crippen molar-refractivity contribution in [3.05, 3.63) is 28.2 Å². The predicted molar refractivity (Wildman–Crippen MR) is 81.2 cm³/mol. The molecule has 1 fully saturated rings. The van der Waals surface area contributed by atoms with Crippen molar-refractivity contribution < 1.29 is 0 Å². The van der Waals surface area contributed by atoms with Gasteiger partial charge in [0, 0.05) is 40.8 Å². The maximum Gasteiger partial charge on any atom is 0.0378 e. The van der Waals surface area contributed by atoms with Gasteiger partial charge >= 0.3 is 0 Å². The molecule has 0 spiro atoms. The Hall–Kier alpha value is -0.190. The molecule has 0 radical (unpaired) electrons. The molecule has 1 aliphatic rings. The van der Waals surface area contributed by atoms with Gasteiger partial charge in [0.15, 0.2) is 0 Å². The third-order valence-corrected chi connectivity index (χ3v) is 4.89. The molecule has 0 bridgehead atoms. The van der Waals surface area contributed by atoms with Gasteiger partial charge < -0.3 is 10.2 Å². The monoisotopic (exact) mass is 314 g/mol. The average molecular weight is 315 g/mol. The lowest BCUT2D eigenvalue weighted by Gasteiger charge is -2.29. The number of nitrogens with zero attached hydrogens (tertiary/aromatic N) is 1. The van der Waals surface area contributed by atoms with Crippen molar-refractivity contribution in [2.24, 2.45) is 0 Å². The van der Waals surface area contributed by atoms with Crippen molar-refractivity contribution in [3.8, 4) is 0 Å². The summed E-state index contributed by atoms with van der Waals surface area (Å²) in [5.41, 5.74) is 2.66. The van der Waals surface area contributed by atoms with Crippen LogP contribution in [-0.2, 0) is 0 Å². The van der Waals surface area contributed by atoms with Gasteiger partial charge in [0.25, 0.3) is 0 Å². The van der Waals surface area contributed by atoms with Crippen molar-refractivity contribution in [1.29, 1.82) is 0 Å². The van der Waals surface area contributed by atoms with Crippen LogP contribution in [0.4, 0.5) is 5.69 Å². The van der Waals surface area contributed by atoms with E-state index < -0.39 is 0 Å². The minimum absolute atomic E-state index is 0.385. The lowest BCUT2D eigenvalue weighted by molar-refractivity contribution is 0.649. The van der Waals surface area contributed by atoms with Crippen LogP contribution in [0.1, 0.15) is 18.5 Å². The Balaban J connectivity index is 2.17. The van der Waals surface area contributed by atoms with Gasteiger partial charge in [-0.25, -0.2) is 0 Å². The molecule has 0 saturated carbocycles. The summed E-state index contributed by atoms with van der Waals surface area (Å²) in [6.45, 7) is 4.51. The van der Waals surface area contributed by atoms with Crippen LogP contribution in [0.3, 0.4) is 0 Å². The third-order valence-electron chi connectivity index (χ3n) is 3.26. The largest absolute Gasteiger partial charge is 0.370 e. The summed E-state index contributed by atoms with van der Waals surface area (Å²) >= 11 is 5.73. The first kappa shape index (κ1) is 13.2. The standard InChI is InChI=1S/C13H19BrN2S/c1-10(15-2)12-4-3-11(9-13(12)14)16-5-7-17-8-6-16/h3-4,9-10,15H,5-8H2,1-2H3. The Kier molecular flexibility index (Phi) is 4.77. The second-order valence-corrected chi connectivity index (χ2v) is 6.39. The van der Waals surface area contributed by atoms with E-state index in [4.69, 9.17) is 0 Å². The van der Waals surface area contributed by atoms with Gasteiger partial charge in [0.1, 0.15) is 0 Å². The summed E-state index contributed by atoms with van der Waals surface area (Å²) < 4.78 is 1.20. The van der Waals surface area contributed by atoms with Crippen LogP contribution in [-0.4, -0.2) is 31.6 Å². The number of anilines is 1. The fourth-order valence-electron chi connectivity index (χ4n) is 2.04. The second kappa shape index (κ2) is 6.12. The van der Waals surface area contributed by atoms with E-state index in [0.29, 0.717) is 6.04 Å². The van der Waals surface area contributed by atoms with Gasteiger partial charge in [-0.15, -0.1) is 0 Å². The average Bonchev–Trinajstić information content (AvgIpc) is 2.39. The van der Waals surface area contributed by atoms with E-state index >= 15 is 0 Å². The van der Waals surface area contributed by atoms with Gasteiger partial charge in [0.05, 0.1) is 0 Å². The zero-order chi connectivity index (χ0) is 12.3. The molecule has 2 rings (SSSR count). The van der Waals surface area contributed by atoms with E-state index in [1.807, 2.05) is 18.8 Å². The molecule has 0 aromatic heterocycles. The lowest BCUT2D eigenvalue weighted by Crippen LogP contribution is -2.32. The van der Waals surface area contributed by atoms with E-state index in [-0.39, 0.29) is 0 Å². The predicted octanol–water partition coefficient (Wildman–Crippen LogP) is 3.28. The van der Waals surface area contributed by atoms with Crippen LogP contribution in [0, 0.1) is 0 Å². The zero-order valence-electron chi connectivity index (χ0n) is 10.4. The summed E-state index contributed by atoms with van der Waals surface area (Å²) in [4.78, 5) is 2.47. The molecular formula is C13H19BrN2S. The Labute approximate surface area is 116 Å². The fourth-order valence-corrected chi connectivity index (χ4v) is 3.65. The highest BCUT2D eigenvalue weighted by Crippen LogP contribution is 2.29. The summed E-state index contributed by atoms with van der Waals surface area (Å²) in [6, 6.07) is 7.10. The quantitative estimate of drug-likeness (QED) is 0.921. The zero-order valence-corrected chi connectivity index (χ0v) is 12.8. The fraction of sp³-hybridized carbons (Fsp3) is 0.538. The molecule has 0 amide bonds. The number of hydrogen-bond donors (Lipinski definition) is 1. The van der Waals surface area contributed by atoms with Crippen LogP contribution in [0.5, 0.6) is 0 Å². The lowest BCUT2D eigenvalue weighted by atomic mass is 10.1. The molecule has 1 aliphatic heterocycles. The number of thioether (sulfide) groups is 1. The molecule has 1 saturated heterocycles. The molecule has 1 N–H and O–H groups in total. The Morgan fingerprint density at radius 2 is 2.06 bits per heavy atom. The first-order valence-electron chi connectivity index (χ1n) is 6.02. The minimum Gasteiger partial charge on any atom is -0.370 e. The summed E-state index contributed by atoms with van der Waals surface area (Å²) in [5, 5.41) is 3.27. The van der Waals surface area contributed by atoms with Crippen LogP contribution in [0.2, 0.25) is 0 Å². The highest BCUT2D eigenvalue weighted by Gasteiger charge is 2.13. The number of rotatable bonds is 3. The Morgan fingerprint density at radius 3 is 2.65 bits per heavy atom. The van der Waals surface area contributed by atoms with Crippen LogP contribution in [0.15, 0.2) is 22.7 Å². The van der Waals surface area contributed by atoms with E-state index in [1.165, 1.54) is 27.2 Å².